The van der Waals surface area contributed by atoms with E-state index >= 15 is 0 Å². The maximum atomic E-state index is 14.9. The summed E-state index contributed by atoms with van der Waals surface area (Å²) in [7, 11) is -3.18. The Bertz CT molecular complexity index is 1300. The number of hydrogen-bond donors (Lipinski definition) is 0. The molecular weight excluding hydrogens is 409 g/mol. The molecule has 32 heavy (non-hydrogen) atoms. The van der Waals surface area contributed by atoms with E-state index in [2.05, 4.69) is 41.4 Å². The zero-order valence-corrected chi connectivity index (χ0v) is 18.4. The van der Waals surface area contributed by atoms with Gasteiger partial charge in [-0.1, -0.05) is 103 Å². The first kappa shape index (κ1) is 20.2. The summed E-state index contributed by atoms with van der Waals surface area (Å²) in [6.07, 6.45) is 1.71. The minimum atomic E-state index is -3.18. The van der Waals surface area contributed by atoms with Gasteiger partial charge in [-0.2, -0.15) is 0 Å². The second kappa shape index (κ2) is 8.78. The normalized spacial score (nSPS) is 11.2. The van der Waals surface area contributed by atoms with E-state index in [1.54, 1.807) is 6.20 Å². The molecule has 0 aliphatic carbocycles. The molecule has 0 bridgehead atoms. The largest absolute Gasteiger partial charge is 0.307 e. The van der Waals surface area contributed by atoms with Crippen molar-refractivity contribution in [2.45, 2.75) is 0 Å². The molecule has 4 aromatic carbocycles. The van der Waals surface area contributed by atoms with E-state index in [9.17, 15) is 4.57 Å². The highest BCUT2D eigenvalue weighted by Crippen LogP contribution is 2.43. The molecule has 0 radical (unpaired) electrons. The van der Waals surface area contributed by atoms with Gasteiger partial charge in [-0.15, -0.1) is 0 Å². The van der Waals surface area contributed by atoms with E-state index in [1.165, 1.54) is 0 Å². The molecule has 0 saturated carbocycles. The average Bonchev–Trinajstić information content (AvgIpc) is 2.90. The molecule has 0 unspecified atom stereocenters. The lowest BCUT2D eigenvalue weighted by molar-refractivity contribution is 0.592. The van der Waals surface area contributed by atoms with Gasteiger partial charge in [-0.25, -0.2) is 0 Å². The van der Waals surface area contributed by atoms with E-state index in [1.807, 2.05) is 91.0 Å². The molecule has 0 aliphatic rings. The van der Waals surface area contributed by atoms with Crippen molar-refractivity contribution < 1.29 is 4.57 Å². The monoisotopic (exact) mass is 431 g/mol. The molecule has 154 valence electrons. The maximum Gasteiger partial charge on any atom is 0.188 e. The summed E-state index contributed by atoms with van der Waals surface area (Å²) in [4.78, 5) is 4.55. The van der Waals surface area contributed by atoms with Crippen molar-refractivity contribution in [1.82, 2.24) is 4.98 Å². The zero-order chi connectivity index (χ0) is 21.8. The van der Waals surface area contributed by atoms with Crippen LogP contribution in [0, 0.1) is 0 Å². The van der Waals surface area contributed by atoms with Gasteiger partial charge in [0.05, 0.1) is 0 Å². The van der Waals surface area contributed by atoms with Crippen LogP contribution in [0.5, 0.6) is 0 Å². The van der Waals surface area contributed by atoms with E-state index in [0.717, 1.165) is 32.9 Å². The van der Waals surface area contributed by atoms with Gasteiger partial charge in [0, 0.05) is 16.8 Å². The van der Waals surface area contributed by atoms with Crippen molar-refractivity contribution in [2.75, 3.05) is 0 Å². The molecular formula is C29H22NOP. The van der Waals surface area contributed by atoms with Crippen molar-refractivity contribution >= 4 is 23.2 Å². The Kier molecular flexibility index (Phi) is 5.54. The highest BCUT2D eigenvalue weighted by atomic mass is 31.2. The molecule has 0 aliphatic heterocycles. The zero-order valence-electron chi connectivity index (χ0n) is 17.5. The van der Waals surface area contributed by atoms with Gasteiger partial charge in [0.25, 0.3) is 0 Å². The van der Waals surface area contributed by atoms with Gasteiger partial charge in [0.1, 0.15) is 5.44 Å². The number of aromatic nitrogens is 1. The average molecular weight is 431 g/mol. The summed E-state index contributed by atoms with van der Waals surface area (Å²) in [6, 6.07) is 42.0. The van der Waals surface area contributed by atoms with Crippen LogP contribution in [0.1, 0.15) is 0 Å². The molecule has 0 saturated heterocycles. The smallest absolute Gasteiger partial charge is 0.188 e. The van der Waals surface area contributed by atoms with Crippen LogP contribution in [0.25, 0.3) is 22.3 Å². The molecule has 0 amide bonds. The second-order valence-electron chi connectivity index (χ2n) is 7.63. The quantitative estimate of drug-likeness (QED) is 0.317. The van der Waals surface area contributed by atoms with E-state index in [0.29, 0.717) is 5.44 Å². The molecule has 5 aromatic rings. The summed E-state index contributed by atoms with van der Waals surface area (Å²) >= 11 is 0. The van der Waals surface area contributed by atoms with Gasteiger partial charge >= 0.3 is 0 Å². The van der Waals surface area contributed by atoms with Gasteiger partial charge in [-0.05, 0) is 46.5 Å². The summed E-state index contributed by atoms with van der Waals surface area (Å²) in [5.74, 6) is 0. The first-order valence-corrected chi connectivity index (χ1v) is 12.3. The standard InChI is InChI=1S/C29H22NOP/c31-32(29-19-7-8-20-30-29,27-17-9-15-25(21-27)23-11-3-1-4-12-23)28-18-10-16-26(22-28)24-13-5-2-6-14-24/h1-22H. The van der Waals surface area contributed by atoms with Crippen molar-refractivity contribution in [2.24, 2.45) is 0 Å². The lowest BCUT2D eigenvalue weighted by Crippen LogP contribution is -2.27. The fraction of sp³-hybridized carbons (Fsp3) is 0. The van der Waals surface area contributed by atoms with Crippen LogP contribution in [0.4, 0.5) is 0 Å². The molecule has 0 atom stereocenters. The first-order valence-electron chi connectivity index (χ1n) is 10.6. The van der Waals surface area contributed by atoms with Crippen LogP contribution < -0.4 is 16.0 Å². The third-order valence-electron chi connectivity index (χ3n) is 5.61. The predicted molar refractivity (Wildman–Crippen MR) is 135 cm³/mol. The van der Waals surface area contributed by atoms with Gasteiger partial charge in [-0.3, -0.25) is 4.98 Å². The van der Waals surface area contributed by atoms with Crippen molar-refractivity contribution in [3.8, 4) is 22.3 Å². The minimum Gasteiger partial charge on any atom is -0.307 e. The third kappa shape index (κ3) is 3.82. The second-order valence-corrected chi connectivity index (χ2v) is 10.3. The molecule has 0 spiro atoms. The van der Waals surface area contributed by atoms with E-state index in [-0.39, 0.29) is 0 Å². The highest BCUT2D eigenvalue weighted by molar-refractivity contribution is 7.85. The molecule has 5 rings (SSSR count). The molecule has 3 heteroatoms. The summed E-state index contributed by atoms with van der Waals surface area (Å²) in [5, 5.41) is 1.56. The Balaban J connectivity index is 1.71. The molecule has 2 nitrogen and oxygen atoms in total. The Morgan fingerprint density at radius 2 is 0.938 bits per heavy atom. The molecule has 1 aromatic heterocycles. The number of rotatable bonds is 5. The molecule has 1 heterocycles. The van der Waals surface area contributed by atoms with Crippen LogP contribution in [0.3, 0.4) is 0 Å². The maximum absolute atomic E-state index is 14.9. The SMILES string of the molecule is O=P(c1cccc(-c2ccccc2)c1)(c1cccc(-c2ccccc2)c1)c1ccccn1. The van der Waals surface area contributed by atoms with Crippen LogP contribution in [-0.2, 0) is 4.57 Å². The first-order chi connectivity index (χ1) is 15.7. The lowest BCUT2D eigenvalue weighted by Gasteiger charge is -2.20. The third-order valence-corrected chi connectivity index (χ3v) is 8.53. The molecule has 0 fully saturated rings. The van der Waals surface area contributed by atoms with Gasteiger partial charge in [0.2, 0.25) is 0 Å². The number of benzene rings is 4. The fourth-order valence-electron chi connectivity index (χ4n) is 3.98. The fourth-order valence-corrected chi connectivity index (χ4v) is 6.56. The lowest BCUT2D eigenvalue weighted by atomic mass is 10.1. The molecule has 0 N–H and O–H groups in total. The van der Waals surface area contributed by atoms with Crippen LogP contribution in [-0.4, -0.2) is 4.98 Å². The Morgan fingerprint density at radius 1 is 0.469 bits per heavy atom. The van der Waals surface area contributed by atoms with Crippen molar-refractivity contribution in [1.29, 1.82) is 0 Å². The van der Waals surface area contributed by atoms with Crippen molar-refractivity contribution in [3.63, 3.8) is 0 Å². The van der Waals surface area contributed by atoms with E-state index in [4.69, 9.17) is 0 Å². The number of nitrogens with zero attached hydrogens (tertiary/aromatic N) is 1. The number of hydrogen-bond acceptors (Lipinski definition) is 2. The summed E-state index contributed by atoms with van der Waals surface area (Å²) in [6.45, 7) is 0. The predicted octanol–water partition coefficient (Wildman–Crippen LogP) is 6.06. The Morgan fingerprint density at radius 3 is 1.41 bits per heavy atom. The summed E-state index contributed by atoms with van der Waals surface area (Å²) in [5.41, 5.74) is 4.87. The number of pyridine rings is 1. The van der Waals surface area contributed by atoms with Crippen molar-refractivity contribution in [3.05, 3.63) is 134 Å². The topological polar surface area (TPSA) is 30.0 Å². The van der Waals surface area contributed by atoms with Gasteiger partial charge < -0.3 is 4.57 Å². The minimum absolute atomic E-state index is 0.593. The Labute approximate surface area is 188 Å². The van der Waals surface area contributed by atoms with Crippen LogP contribution >= 0.6 is 7.14 Å². The van der Waals surface area contributed by atoms with Crippen LogP contribution in [0.2, 0.25) is 0 Å². The van der Waals surface area contributed by atoms with Gasteiger partial charge in [0.15, 0.2) is 7.14 Å². The van der Waals surface area contributed by atoms with Crippen LogP contribution in [0.15, 0.2) is 134 Å². The Hall–Kier alpha value is -3.74. The summed E-state index contributed by atoms with van der Waals surface area (Å²) < 4.78 is 14.9. The highest BCUT2D eigenvalue weighted by Gasteiger charge is 2.31. The van der Waals surface area contributed by atoms with E-state index < -0.39 is 7.14 Å².